The topological polar surface area (TPSA) is 64.4 Å². The van der Waals surface area contributed by atoms with E-state index in [0.717, 1.165) is 5.69 Å². The predicted octanol–water partition coefficient (Wildman–Crippen LogP) is 1.42. The van der Waals surface area contributed by atoms with Gasteiger partial charge in [0.2, 0.25) is 10.0 Å². The molecule has 6 heteroatoms. The van der Waals surface area contributed by atoms with Crippen molar-refractivity contribution in [1.82, 2.24) is 4.31 Å². The van der Waals surface area contributed by atoms with Crippen LogP contribution in [0.5, 0.6) is 0 Å². The van der Waals surface area contributed by atoms with Gasteiger partial charge in [-0.1, -0.05) is 13.0 Å². The molecule has 0 aromatic heterocycles. The molecular formula is C14H19N3O2S. The number of hydrogen-bond acceptors (Lipinski definition) is 4. The van der Waals surface area contributed by atoms with Gasteiger partial charge in [-0.2, -0.15) is 9.57 Å². The fourth-order valence-electron chi connectivity index (χ4n) is 2.38. The van der Waals surface area contributed by atoms with Gasteiger partial charge in [-0.3, -0.25) is 0 Å². The van der Waals surface area contributed by atoms with Gasteiger partial charge in [-0.05, 0) is 24.6 Å². The summed E-state index contributed by atoms with van der Waals surface area (Å²) in [6, 6.07) is 9.55. The van der Waals surface area contributed by atoms with Gasteiger partial charge in [0.15, 0.2) is 0 Å². The second kappa shape index (κ2) is 6.25. The van der Waals surface area contributed by atoms with Crippen molar-refractivity contribution in [2.75, 3.05) is 36.8 Å². The molecule has 20 heavy (non-hydrogen) atoms. The Morgan fingerprint density at radius 1 is 1.25 bits per heavy atom. The molecule has 1 saturated heterocycles. The van der Waals surface area contributed by atoms with Crippen LogP contribution in [-0.2, 0) is 10.0 Å². The molecule has 1 aromatic rings. The highest BCUT2D eigenvalue weighted by Crippen LogP contribution is 2.19. The predicted molar refractivity (Wildman–Crippen MR) is 79.0 cm³/mol. The van der Waals surface area contributed by atoms with Gasteiger partial charge in [0.25, 0.3) is 0 Å². The van der Waals surface area contributed by atoms with Crippen LogP contribution in [0.15, 0.2) is 24.3 Å². The molecule has 1 aromatic carbocycles. The molecule has 5 nitrogen and oxygen atoms in total. The van der Waals surface area contributed by atoms with Crippen LogP contribution in [0.4, 0.5) is 5.69 Å². The molecule has 0 unspecified atom stereocenters. The van der Waals surface area contributed by atoms with Crippen molar-refractivity contribution in [1.29, 1.82) is 5.26 Å². The number of sulfonamides is 1. The molecule has 0 saturated carbocycles. The first-order valence-electron chi connectivity index (χ1n) is 6.80. The zero-order valence-electron chi connectivity index (χ0n) is 11.6. The fourth-order valence-corrected chi connectivity index (χ4v) is 3.88. The van der Waals surface area contributed by atoms with E-state index in [0.29, 0.717) is 38.2 Å². The van der Waals surface area contributed by atoms with Gasteiger partial charge in [-0.25, -0.2) is 8.42 Å². The molecule has 1 fully saturated rings. The second-order valence-corrected chi connectivity index (χ2v) is 6.95. The number of anilines is 1. The Morgan fingerprint density at radius 3 is 2.55 bits per heavy atom. The van der Waals surface area contributed by atoms with Crippen LogP contribution in [0.3, 0.4) is 0 Å². The van der Waals surface area contributed by atoms with Crippen molar-refractivity contribution >= 4 is 15.7 Å². The van der Waals surface area contributed by atoms with Crippen LogP contribution in [0.1, 0.15) is 18.9 Å². The maximum Gasteiger partial charge on any atom is 0.214 e. The maximum atomic E-state index is 12.0. The average molecular weight is 293 g/mol. The molecule has 0 radical (unpaired) electrons. The van der Waals surface area contributed by atoms with Gasteiger partial charge < -0.3 is 4.90 Å². The summed E-state index contributed by atoms with van der Waals surface area (Å²) in [5.41, 5.74) is 1.61. The van der Waals surface area contributed by atoms with Crippen molar-refractivity contribution in [3.05, 3.63) is 29.8 Å². The van der Waals surface area contributed by atoms with E-state index in [9.17, 15) is 8.42 Å². The molecule has 1 heterocycles. The van der Waals surface area contributed by atoms with Crippen LogP contribution in [0.25, 0.3) is 0 Å². The van der Waals surface area contributed by atoms with E-state index in [1.165, 1.54) is 0 Å². The van der Waals surface area contributed by atoms with Gasteiger partial charge in [0.05, 0.1) is 17.4 Å². The summed E-state index contributed by atoms with van der Waals surface area (Å²) in [6.07, 6.45) is 0.646. The van der Waals surface area contributed by atoms with E-state index < -0.39 is 10.0 Å². The third kappa shape index (κ3) is 3.30. The van der Waals surface area contributed by atoms with Crippen molar-refractivity contribution in [2.45, 2.75) is 13.3 Å². The normalized spacial score (nSPS) is 16.9. The molecule has 1 aliphatic rings. The number of rotatable bonds is 4. The Labute approximate surface area is 120 Å². The molecular weight excluding hydrogens is 274 g/mol. The number of nitriles is 1. The third-order valence-electron chi connectivity index (χ3n) is 3.43. The quantitative estimate of drug-likeness (QED) is 0.842. The Balaban J connectivity index is 2.03. The lowest BCUT2D eigenvalue weighted by atomic mass is 10.2. The molecule has 2 rings (SSSR count). The van der Waals surface area contributed by atoms with Gasteiger partial charge in [0.1, 0.15) is 0 Å². The van der Waals surface area contributed by atoms with E-state index in [-0.39, 0.29) is 5.75 Å². The van der Waals surface area contributed by atoms with E-state index in [4.69, 9.17) is 5.26 Å². The van der Waals surface area contributed by atoms with E-state index >= 15 is 0 Å². The lowest BCUT2D eigenvalue weighted by molar-refractivity contribution is 0.384. The zero-order chi connectivity index (χ0) is 14.6. The second-order valence-electron chi connectivity index (χ2n) is 4.86. The molecule has 108 valence electrons. The number of nitrogens with zero attached hydrogens (tertiary/aromatic N) is 3. The standard InChI is InChI=1S/C14H19N3O2S/c1-2-10-20(18,19)17-8-6-16(7-9-17)14-5-3-4-13(11-14)12-15/h3-5,11H,2,6-10H2,1H3. The molecule has 0 aliphatic carbocycles. The lowest BCUT2D eigenvalue weighted by Crippen LogP contribution is -2.49. The summed E-state index contributed by atoms with van der Waals surface area (Å²) in [7, 11) is -3.10. The minimum atomic E-state index is -3.10. The first-order valence-corrected chi connectivity index (χ1v) is 8.40. The number of piperazine rings is 1. The largest absolute Gasteiger partial charge is 0.369 e. The maximum absolute atomic E-state index is 12.0. The van der Waals surface area contributed by atoms with Gasteiger partial charge in [-0.15, -0.1) is 0 Å². The minimum absolute atomic E-state index is 0.219. The Kier molecular flexibility index (Phi) is 4.63. The molecule has 0 amide bonds. The van der Waals surface area contributed by atoms with Crippen LogP contribution < -0.4 is 4.90 Å². The highest BCUT2D eigenvalue weighted by atomic mass is 32.2. The summed E-state index contributed by atoms with van der Waals surface area (Å²) in [6.45, 7) is 4.23. The first-order chi connectivity index (χ1) is 9.56. The SMILES string of the molecule is CCCS(=O)(=O)N1CCN(c2cccc(C#N)c2)CC1. The smallest absolute Gasteiger partial charge is 0.214 e. The lowest BCUT2D eigenvalue weighted by Gasteiger charge is -2.35. The molecule has 0 spiro atoms. The third-order valence-corrected chi connectivity index (χ3v) is 5.51. The van der Waals surface area contributed by atoms with E-state index in [1.54, 1.807) is 10.4 Å². The van der Waals surface area contributed by atoms with Gasteiger partial charge >= 0.3 is 0 Å². The van der Waals surface area contributed by atoms with Crippen molar-refractivity contribution < 1.29 is 8.42 Å². The molecule has 1 aliphatic heterocycles. The van der Waals surface area contributed by atoms with Crippen LogP contribution in [0.2, 0.25) is 0 Å². The monoisotopic (exact) mass is 293 g/mol. The fraction of sp³-hybridized carbons (Fsp3) is 0.500. The average Bonchev–Trinajstić information content (AvgIpc) is 2.47. The first kappa shape index (κ1) is 14.8. The zero-order valence-corrected chi connectivity index (χ0v) is 12.4. The van der Waals surface area contributed by atoms with Crippen molar-refractivity contribution in [2.24, 2.45) is 0 Å². The summed E-state index contributed by atoms with van der Waals surface area (Å²) < 4.78 is 25.6. The Morgan fingerprint density at radius 2 is 1.95 bits per heavy atom. The van der Waals surface area contributed by atoms with Crippen molar-refractivity contribution in [3.63, 3.8) is 0 Å². The minimum Gasteiger partial charge on any atom is -0.369 e. The van der Waals surface area contributed by atoms with Gasteiger partial charge in [0, 0.05) is 31.9 Å². The highest BCUT2D eigenvalue weighted by molar-refractivity contribution is 7.89. The summed E-state index contributed by atoms with van der Waals surface area (Å²) >= 11 is 0. The van der Waals surface area contributed by atoms with E-state index in [1.807, 2.05) is 25.1 Å². The Hall–Kier alpha value is -1.58. The number of benzene rings is 1. The van der Waals surface area contributed by atoms with Crippen LogP contribution in [0, 0.1) is 11.3 Å². The molecule has 0 bridgehead atoms. The summed E-state index contributed by atoms with van der Waals surface area (Å²) in [5.74, 6) is 0.219. The van der Waals surface area contributed by atoms with Crippen LogP contribution in [-0.4, -0.2) is 44.7 Å². The molecule has 0 N–H and O–H groups in total. The highest BCUT2D eigenvalue weighted by Gasteiger charge is 2.26. The van der Waals surface area contributed by atoms with Crippen molar-refractivity contribution in [3.8, 4) is 6.07 Å². The van der Waals surface area contributed by atoms with Crippen LogP contribution >= 0.6 is 0 Å². The Bertz CT molecular complexity index is 599. The summed E-state index contributed by atoms with van der Waals surface area (Å²) in [4.78, 5) is 2.12. The molecule has 0 atom stereocenters. The van der Waals surface area contributed by atoms with E-state index in [2.05, 4.69) is 11.0 Å². The summed E-state index contributed by atoms with van der Waals surface area (Å²) in [5, 5.41) is 8.91. The number of hydrogen-bond donors (Lipinski definition) is 0.